The number of nitrogens with one attached hydrogen (secondary N) is 1. The van der Waals surface area contributed by atoms with Crippen molar-refractivity contribution in [1.82, 2.24) is 0 Å². The lowest BCUT2D eigenvalue weighted by molar-refractivity contribution is 0.121. The van der Waals surface area contributed by atoms with Crippen LogP contribution in [0.25, 0.3) is 0 Å². The van der Waals surface area contributed by atoms with Crippen LogP contribution < -0.4 is 9.62 Å². The van der Waals surface area contributed by atoms with E-state index < -0.39 is 10.0 Å². The molecule has 0 spiro atoms. The largest absolute Gasteiger partial charge is 0.380 e. The maximum Gasteiger partial charge on any atom is 0.262 e. The smallest absolute Gasteiger partial charge is 0.262 e. The van der Waals surface area contributed by atoms with Gasteiger partial charge in [-0.15, -0.1) is 0 Å². The third-order valence-corrected chi connectivity index (χ3v) is 6.52. The SMILES string of the molecule is COC1CCN(c2ccc(NS(=O)(=O)c3c(C)cc(C)cc3C)cc2)C1. The number of hydrogen-bond acceptors (Lipinski definition) is 4. The van der Waals surface area contributed by atoms with E-state index in [0.29, 0.717) is 10.6 Å². The van der Waals surface area contributed by atoms with Crippen LogP contribution in [0.4, 0.5) is 11.4 Å². The van der Waals surface area contributed by atoms with Crippen molar-refractivity contribution in [2.45, 2.75) is 38.2 Å². The Kier molecular flexibility index (Phi) is 5.25. The van der Waals surface area contributed by atoms with Crippen molar-refractivity contribution in [3.8, 4) is 0 Å². The first-order chi connectivity index (χ1) is 12.3. The molecule has 1 fully saturated rings. The summed E-state index contributed by atoms with van der Waals surface area (Å²) in [5, 5.41) is 0. The number of methoxy groups -OCH3 is 1. The van der Waals surface area contributed by atoms with Gasteiger partial charge in [-0.3, -0.25) is 4.72 Å². The first-order valence-corrected chi connectivity index (χ1v) is 10.3. The minimum absolute atomic E-state index is 0.265. The van der Waals surface area contributed by atoms with Crippen molar-refractivity contribution in [3.05, 3.63) is 53.1 Å². The summed E-state index contributed by atoms with van der Waals surface area (Å²) in [7, 11) is -1.88. The summed E-state index contributed by atoms with van der Waals surface area (Å²) in [6.07, 6.45) is 1.28. The van der Waals surface area contributed by atoms with Crippen LogP contribution in [0.15, 0.2) is 41.3 Å². The average Bonchev–Trinajstić information content (AvgIpc) is 3.03. The van der Waals surface area contributed by atoms with Gasteiger partial charge in [-0.05, 0) is 62.6 Å². The number of ether oxygens (including phenoxy) is 1. The number of rotatable bonds is 5. The molecule has 26 heavy (non-hydrogen) atoms. The van der Waals surface area contributed by atoms with Gasteiger partial charge in [0, 0.05) is 31.6 Å². The fourth-order valence-corrected chi connectivity index (χ4v) is 5.21. The predicted octanol–water partition coefficient (Wildman–Crippen LogP) is 3.64. The van der Waals surface area contributed by atoms with Crippen molar-refractivity contribution in [1.29, 1.82) is 0 Å². The first-order valence-electron chi connectivity index (χ1n) is 8.78. The lowest BCUT2D eigenvalue weighted by Crippen LogP contribution is -2.22. The van der Waals surface area contributed by atoms with Crippen molar-refractivity contribution in [2.24, 2.45) is 0 Å². The fraction of sp³-hybridized carbons (Fsp3) is 0.400. The van der Waals surface area contributed by atoms with E-state index in [2.05, 4.69) is 9.62 Å². The highest BCUT2D eigenvalue weighted by atomic mass is 32.2. The Bertz CT molecular complexity index is 869. The van der Waals surface area contributed by atoms with E-state index in [1.807, 2.05) is 57.2 Å². The molecule has 1 atom stereocenters. The van der Waals surface area contributed by atoms with Crippen molar-refractivity contribution in [2.75, 3.05) is 29.8 Å². The molecule has 1 heterocycles. The van der Waals surface area contributed by atoms with E-state index in [1.54, 1.807) is 7.11 Å². The number of nitrogens with zero attached hydrogens (tertiary/aromatic N) is 1. The standard InChI is InChI=1S/C20H26N2O3S/c1-14-11-15(2)20(16(3)12-14)26(23,24)21-17-5-7-18(8-6-17)22-10-9-19(13-22)25-4/h5-8,11-12,19,21H,9-10,13H2,1-4H3. The topological polar surface area (TPSA) is 58.6 Å². The van der Waals surface area contributed by atoms with Crippen molar-refractivity contribution < 1.29 is 13.2 Å². The normalized spacial score (nSPS) is 17.5. The lowest BCUT2D eigenvalue weighted by atomic mass is 10.1. The lowest BCUT2D eigenvalue weighted by Gasteiger charge is -2.19. The summed E-state index contributed by atoms with van der Waals surface area (Å²) in [4.78, 5) is 2.61. The van der Waals surface area contributed by atoms with Gasteiger partial charge >= 0.3 is 0 Å². The van der Waals surface area contributed by atoms with E-state index in [1.165, 1.54) is 0 Å². The highest BCUT2D eigenvalue weighted by molar-refractivity contribution is 7.92. The molecule has 0 radical (unpaired) electrons. The molecule has 0 aliphatic carbocycles. The highest BCUT2D eigenvalue weighted by Gasteiger charge is 2.23. The zero-order valence-corrected chi connectivity index (χ0v) is 16.6. The first kappa shape index (κ1) is 18.7. The maximum absolute atomic E-state index is 12.8. The Labute approximate surface area is 156 Å². The molecule has 1 unspecified atom stereocenters. The Morgan fingerprint density at radius 1 is 1.08 bits per heavy atom. The van der Waals surface area contributed by atoms with E-state index in [9.17, 15) is 8.42 Å². The summed E-state index contributed by atoms with van der Waals surface area (Å²) in [5.74, 6) is 0. The second kappa shape index (κ2) is 7.29. The quantitative estimate of drug-likeness (QED) is 0.868. The Hall–Kier alpha value is -2.05. The van der Waals surface area contributed by atoms with Gasteiger partial charge in [-0.2, -0.15) is 0 Å². The third kappa shape index (κ3) is 3.86. The van der Waals surface area contributed by atoms with Crippen LogP contribution in [0.3, 0.4) is 0 Å². The zero-order chi connectivity index (χ0) is 18.9. The molecule has 1 aliphatic rings. The number of benzene rings is 2. The van der Waals surface area contributed by atoms with Crippen molar-refractivity contribution in [3.63, 3.8) is 0 Å². The summed E-state index contributed by atoms with van der Waals surface area (Å²) in [5.41, 5.74) is 4.22. The molecule has 1 aliphatic heterocycles. The van der Waals surface area contributed by atoms with Gasteiger partial charge in [0.05, 0.1) is 11.0 Å². The van der Waals surface area contributed by atoms with Crippen LogP contribution in [0, 0.1) is 20.8 Å². The van der Waals surface area contributed by atoms with Crippen LogP contribution in [0.2, 0.25) is 0 Å². The number of aryl methyl sites for hydroxylation is 3. The molecule has 3 rings (SSSR count). The molecule has 2 aromatic carbocycles. The summed E-state index contributed by atoms with van der Waals surface area (Å²) >= 11 is 0. The van der Waals surface area contributed by atoms with Gasteiger partial charge < -0.3 is 9.64 Å². The Balaban J connectivity index is 1.79. The molecule has 6 heteroatoms. The fourth-order valence-electron chi connectivity index (χ4n) is 3.69. The van der Waals surface area contributed by atoms with Crippen LogP contribution in [0.5, 0.6) is 0 Å². The molecule has 140 valence electrons. The van der Waals surface area contributed by atoms with Gasteiger partial charge in [0.1, 0.15) is 0 Å². The number of sulfonamides is 1. The van der Waals surface area contributed by atoms with E-state index >= 15 is 0 Å². The molecule has 1 saturated heterocycles. The van der Waals surface area contributed by atoms with Gasteiger partial charge in [0.25, 0.3) is 10.0 Å². The van der Waals surface area contributed by atoms with E-state index in [0.717, 1.165) is 41.9 Å². The summed E-state index contributed by atoms with van der Waals surface area (Å²) in [6.45, 7) is 7.44. The molecule has 1 N–H and O–H groups in total. The number of hydrogen-bond donors (Lipinski definition) is 1. The molecule has 0 bridgehead atoms. The molecular formula is C20H26N2O3S. The maximum atomic E-state index is 12.8. The molecule has 0 saturated carbocycles. The third-order valence-electron chi connectivity index (χ3n) is 4.84. The van der Waals surface area contributed by atoms with Crippen molar-refractivity contribution >= 4 is 21.4 Å². The number of anilines is 2. The van der Waals surface area contributed by atoms with Gasteiger partial charge in [-0.1, -0.05) is 17.7 Å². The second-order valence-electron chi connectivity index (χ2n) is 6.97. The minimum atomic E-state index is -3.62. The average molecular weight is 375 g/mol. The van der Waals surface area contributed by atoms with Gasteiger partial charge in [-0.25, -0.2) is 8.42 Å². The van der Waals surface area contributed by atoms with Gasteiger partial charge in [0.15, 0.2) is 0 Å². The zero-order valence-electron chi connectivity index (χ0n) is 15.7. The highest BCUT2D eigenvalue weighted by Crippen LogP contribution is 2.27. The monoisotopic (exact) mass is 374 g/mol. The van der Waals surface area contributed by atoms with Crippen LogP contribution in [0.1, 0.15) is 23.1 Å². The van der Waals surface area contributed by atoms with Crippen LogP contribution >= 0.6 is 0 Å². The van der Waals surface area contributed by atoms with Gasteiger partial charge in [0.2, 0.25) is 0 Å². The molecule has 2 aromatic rings. The molecule has 0 aromatic heterocycles. The minimum Gasteiger partial charge on any atom is -0.380 e. The van der Waals surface area contributed by atoms with E-state index in [4.69, 9.17) is 4.74 Å². The predicted molar refractivity (Wildman–Crippen MR) is 106 cm³/mol. The summed E-state index contributed by atoms with van der Waals surface area (Å²) < 4.78 is 33.8. The van der Waals surface area contributed by atoms with Crippen LogP contribution in [-0.2, 0) is 14.8 Å². The molecule has 5 nitrogen and oxygen atoms in total. The molecule has 0 amide bonds. The second-order valence-corrected chi connectivity index (χ2v) is 8.59. The molecular weight excluding hydrogens is 348 g/mol. The Morgan fingerprint density at radius 3 is 2.23 bits per heavy atom. The van der Waals surface area contributed by atoms with E-state index in [-0.39, 0.29) is 6.10 Å². The summed E-state index contributed by atoms with van der Waals surface area (Å²) in [6, 6.07) is 11.3. The van der Waals surface area contributed by atoms with Crippen LogP contribution in [-0.4, -0.2) is 34.7 Å². The Morgan fingerprint density at radius 2 is 1.69 bits per heavy atom.